The van der Waals surface area contributed by atoms with E-state index in [-0.39, 0.29) is 24.5 Å². The van der Waals surface area contributed by atoms with Crippen molar-refractivity contribution in [1.29, 1.82) is 0 Å². The van der Waals surface area contributed by atoms with Crippen LogP contribution in [0.1, 0.15) is 16.1 Å². The molecule has 4 heterocycles. The fraction of sp³-hybridized carbons (Fsp3) is 0.227. The van der Waals surface area contributed by atoms with Gasteiger partial charge in [0.25, 0.3) is 0 Å². The molecule has 4 rings (SSSR count). The Kier molecular flexibility index (Phi) is 7.32. The number of carbonyl (C=O) groups excluding carboxylic acids is 1. The normalized spacial score (nSPS) is 11.9. The van der Waals surface area contributed by atoms with Gasteiger partial charge < -0.3 is 0 Å². The summed E-state index contributed by atoms with van der Waals surface area (Å²) in [6, 6.07) is 6.69. The van der Waals surface area contributed by atoms with Crippen LogP contribution in [-0.4, -0.2) is 71.8 Å². The van der Waals surface area contributed by atoms with Crippen molar-refractivity contribution in [1.82, 2.24) is 29.5 Å². The molecule has 0 spiro atoms. The Labute approximate surface area is 205 Å². The van der Waals surface area contributed by atoms with Crippen LogP contribution >= 0.6 is 0 Å². The molecule has 4 aromatic rings. The van der Waals surface area contributed by atoms with Gasteiger partial charge in [-0.1, -0.05) is 0 Å². The number of rotatable bonds is 9. The van der Waals surface area contributed by atoms with E-state index in [0.29, 0.717) is 22.1 Å². The fourth-order valence-electron chi connectivity index (χ4n) is 3.37. The number of aromatic nitrogens is 6. The Hall–Kier alpha value is -3.50. The van der Waals surface area contributed by atoms with Gasteiger partial charge in [0.15, 0.2) is 0 Å². The number of alkyl halides is 3. The molecule has 1 N–H and O–H groups in total. The van der Waals surface area contributed by atoms with E-state index in [4.69, 9.17) is 4.74 Å². The van der Waals surface area contributed by atoms with Crippen LogP contribution in [0.15, 0.2) is 49.1 Å². The monoisotopic (exact) mass is 547 g/mol. The summed E-state index contributed by atoms with van der Waals surface area (Å²) in [6.07, 6.45) is 1.99. The number of hydrogen-bond acceptors (Lipinski definition) is 7. The topological polar surface area (TPSA) is 99.8 Å². The van der Waals surface area contributed by atoms with Gasteiger partial charge in [0.2, 0.25) is 0 Å². The van der Waals surface area contributed by atoms with Crippen LogP contribution in [0.2, 0.25) is 0 Å². The summed E-state index contributed by atoms with van der Waals surface area (Å²) in [5.41, 5.74) is 0.745. The van der Waals surface area contributed by atoms with Crippen LogP contribution < -0.4 is 14.3 Å². The summed E-state index contributed by atoms with van der Waals surface area (Å²) in [5, 5.41) is 11.2. The van der Waals surface area contributed by atoms with Crippen LogP contribution in [-0.2, 0) is 18.0 Å². The quantitative estimate of drug-likeness (QED) is 0.192. The molecule has 13 heteroatoms. The number of methoxy groups -OCH3 is 1. The van der Waals surface area contributed by atoms with Crippen molar-refractivity contribution in [3.05, 3.63) is 60.3 Å². The van der Waals surface area contributed by atoms with E-state index in [1.807, 2.05) is 0 Å². The molecule has 0 aliphatic rings. The van der Waals surface area contributed by atoms with E-state index in [2.05, 4.69) is 25.5 Å². The first kappa shape index (κ1) is 24.6. The molecular formula is C22H21AsF3N7O2. The second-order valence-corrected chi connectivity index (χ2v) is 10.1. The summed E-state index contributed by atoms with van der Waals surface area (Å²) in [5.74, 6) is 0.425. The maximum atomic E-state index is 13.4. The molecule has 9 nitrogen and oxygen atoms in total. The summed E-state index contributed by atoms with van der Waals surface area (Å²) < 4.78 is 49.7. The predicted octanol–water partition coefficient (Wildman–Crippen LogP) is 1.34. The van der Waals surface area contributed by atoms with Crippen molar-refractivity contribution < 1.29 is 22.7 Å². The number of pyridine rings is 2. The second kappa shape index (κ2) is 10.4. The first-order chi connectivity index (χ1) is 16.8. The zero-order chi connectivity index (χ0) is 25.0. The SMILES string of the molecule is COCCNc1cc([AsH]c2ccnn2-c2ccc(-c3cnn(C)c3)c(C=O)n2)ncc1C(F)(F)F. The van der Waals surface area contributed by atoms with E-state index < -0.39 is 27.5 Å². The average molecular weight is 547 g/mol. The van der Waals surface area contributed by atoms with E-state index in [1.165, 1.54) is 13.2 Å². The molecule has 1 atom stereocenters. The van der Waals surface area contributed by atoms with Crippen LogP contribution in [0.3, 0.4) is 0 Å². The van der Waals surface area contributed by atoms with E-state index >= 15 is 0 Å². The molecule has 0 saturated heterocycles. The molecule has 0 amide bonds. The summed E-state index contributed by atoms with van der Waals surface area (Å²) in [6.45, 7) is 0.487. The van der Waals surface area contributed by atoms with E-state index in [9.17, 15) is 18.0 Å². The van der Waals surface area contributed by atoms with Gasteiger partial charge in [-0.3, -0.25) is 0 Å². The third kappa shape index (κ3) is 5.60. The number of halogens is 3. The number of ether oxygens (including phenoxy) is 1. The number of aldehydes is 1. The molecule has 0 bridgehead atoms. The van der Waals surface area contributed by atoms with E-state index in [0.717, 1.165) is 16.2 Å². The Balaban J connectivity index is 1.64. The number of nitrogens with zero attached hydrogens (tertiary/aromatic N) is 6. The number of carbonyl (C=O) groups is 1. The first-order valence-electron chi connectivity index (χ1n) is 10.4. The third-order valence-corrected chi connectivity index (χ3v) is 7.43. The molecule has 0 aromatic carbocycles. The third-order valence-electron chi connectivity index (χ3n) is 4.98. The zero-order valence-corrected chi connectivity index (χ0v) is 20.8. The molecule has 0 aliphatic heterocycles. The van der Waals surface area contributed by atoms with Gasteiger partial charge in [-0.15, -0.1) is 0 Å². The summed E-state index contributed by atoms with van der Waals surface area (Å²) in [7, 11) is 3.25. The standard InChI is InChI=1S/C22H21AsF3N7O2/c1-32-12-14(10-30-32)15-3-4-21(31-18(15)13-34)33-20(5-6-29-33)23-19-9-17(27-7-8-35-2)16(11-28-19)22(24,25)26/h3-6,9-13,23H,7-8H2,1-2H3,(H,27,28). The van der Waals surface area contributed by atoms with Crippen molar-refractivity contribution in [2.75, 3.05) is 25.6 Å². The minimum absolute atomic E-state index is 0.0449. The molecule has 182 valence electrons. The number of nitrogens with one attached hydrogen (secondary N) is 1. The van der Waals surface area contributed by atoms with Gasteiger partial charge in [0.1, 0.15) is 0 Å². The minimum atomic E-state index is -4.53. The zero-order valence-electron chi connectivity index (χ0n) is 18.7. The Bertz CT molecular complexity index is 1340. The van der Waals surface area contributed by atoms with E-state index in [1.54, 1.807) is 53.2 Å². The van der Waals surface area contributed by atoms with Crippen molar-refractivity contribution >= 4 is 36.7 Å². The van der Waals surface area contributed by atoms with Gasteiger partial charge >= 0.3 is 205 Å². The van der Waals surface area contributed by atoms with Crippen LogP contribution in [0.4, 0.5) is 18.9 Å². The first-order valence-corrected chi connectivity index (χ1v) is 12.5. The second-order valence-electron chi connectivity index (χ2n) is 7.41. The Morgan fingerprint density at radius 3 is 2.71 bits per heavy atom. The Morgan fingerprint density at radius 1 is 1.20 bits per heavy atom. The molecular weight excluding hydrogens is 526 g/mol. The fourth-order valence-corrected chi connectivity index (χ4v) is 5.56. The van der Waals surface area contributed by atoms with Crippen LogP contribution in [0, 0.1) is 0 Å². The van der Waals surface area contributed by atoms with Crippen molar-refractivity contribution in [3.63, 3.8) is 0 Å². The molecule has 4 aromatic heterocycles. The van der Waals surface area contributed by atoms with Gasteiger partial charge in [0.05, 0.1) is 0 Å². The molecule has 35 heavy (non-hydrogen) atoms. The van der Waals surface area contributed by atoms with Crippen molar-refractivity contribution in [2.45, 2.75) is 6.18 Å². The molecule has 1 unspecified atom stereocenters. The van der Waals surface area contributed by atoms with Crippen molar-refractivity contribution in [3.8, 4) is 16.9 Å². The van der Waals surface area contributed by atoms with Gasteiger partial charge in [-0.2, -0.15) is 0 Å². The predicted molar refractivity (Wildman–Crippen MR) is 125 cm³/mol. The molecule has 0 radical (unpaired) electrons. The summed E-state index contributed by atoms with van der Waals surface area (Å²) >= 11 is -1.19. The Morgan fingerprint density at radius 2 is 2.03 bits per heavy atom. The summed E-state index contributed by atoms with van der Waals surface area (Å²) in [4.78, 5) is 20.3. The van der Waals surface area contributed by atoms with Crippen LogP contribution in [0.5, 0.6) is 0 Å². The molecule has 0 aliphatic carbocycles. The van der Waals surface area contributed by atoms with Gasteiger partial charge in [-0.05, 0) is 0 Å². The molecule has 0 saturated carbocycles. The number of hydrogen-bond donors (Lipinski definition) is 1. The average Bonchev–Trinajstić information content (AvgIpc) is 3.47. The van der Waals surface area contributed by atoms with Gasteiger partial charge in [0, 0.05) is 0 Å². The van der Waals surface area contributed by atoms with Gasteiger partial charge in [-0.25, -0.2) is 0 Å². The van der Waals surface area contributed by atoms with Crippen molar-refractivity contribution in [2.24, 2.45) is 7.05 Å². The number of aryl methyl sites for hydroxylation is 1. The number of anilines is 1. The molecule has 0 fully saturated rings. The maximum absolute atomic E-state index is 13.4. The van der Waals surface area contributed by atoms with Crippen LogP contribution in [0.25, 0.3) is 16.9 Å².